The largest absolute Gasteiger partial charge is 0.480 e. The molecular formula is C12H12F3N3O6. The Balaban J connectivity index is 3.65. The van der Waals surface area contributed by atoms with Crippen LogP contribution in [0.4, 0.5) is 30.2 Å². The molecule has 2 N–H and O–H groups in total. The zero-order valence-corrected chi connectivity index (χ0v) is 12.3. The molecule has 0 spiro atoms. The van der Waals surface area contributed by atoms with Gasteiger partial charge < -0.3 is 10.4 Å². The quantitative estimate of drug-likeness (QED) is 0.594. The van der Waals surface area contributed by atoms with Crippen LogP contribution < -0.4 is 5.32 Å². The van der Waals surface area contributed by atoms with Crippen LogP contribution in [-0.4, -0.2) is 27.0 Å². The molecule has 1 atom stereocenters. The summed E-state index contributed by atoms with van der Waals surface area (Å²) in [5, 5.41) is 33.2. The molecule has 132 valence electrons. The van der Waals surface area contributed by atoms with Crippen molar-refractivity contribution in [3.8, 4) is 0 Å². The van der Waals surface area contributed by atoms with Crippen molar-refractivity contribution in [3.63, 3.8) is 0 Å². The molecule has 0 radical (unpaired) electrons. The van der Waals surface area contributed by atoms with Crippen LogP contribution in [0.2, 0.25) is 0 Å². The number of alkyl halides is 3. The van der Waals surface area contributed by atoms with Gasteiger partial charge in [0.05, 0.1) is 15.4 Å². The fourth-order valence-electron chi connectivity index (χ4n) is 1.88. The van der Waals surface area contributed by atoms with Crippen LogP contribution in [0.1, 0.15) is 19.4 Å². The number of nitro benzene ring substituents is 2. The highest BCUT2D eigenvalue weighted by atomic mass is 19.4. The molecule has 0 saturated carbocycles. The molecule has 1 unspecified atom stereocenters. The van der Waals surface area contributed by atoms with E-state index in [0.29, 0.717) is 0 Å². The molecule has 0 heterocycles. The second kappa shape index (κ2) is 6.68. The number of anilines is 1. The molecule has 0 aliphatic rings. The Morgan fingerprint density at radius 1 is 1.17 bits per heavy atom. The molecule has 9 nitrogen and oxygen atoms in total. The third kappa shape index (κ3) is 4.08. The van der Waals surface area contributed by atoms with Gasteiger partial charge in [0.2, 0.25) is 0 Å². The minimum absolute atomic E-state index is 0.120. The van der Waals surface area contributed by atoms with E-state index in [1.807, 2.05) is 0 Å². The predicted molar refractivity (Wildman–Crippen MR) is 74.6 cm³/mol. The lowest BCUT2D eigenvalue weighted by Crippen LogP contribution is -2.34. The first-order valence-electron chi connectivity index (χ1n) is 6.39. The summed E-state index contributed by atoms with van der Waals surface area (Å²) in [6.45, 7) is 2.85. The van der Waals surface area contributed by atoms with Gasteiger partial charge in [0.25, 0.3) is 11.4 Å². The maximum Gasteiger partial charge on any atom is 0.416 e. The van der Waals surface area contributed by atoms with Crippen molar-refractivity contribution in [1.29, 1.82) is 0 Å². The summed E-state index contributed by atoms with van der Waals surface area (Å²) < 4.78 is 38.3. The average molecular weight is 351 g/mol. The van der Waals surface area contributed by atoms with Gasteiger partial charge in [0, 0.05) is 12.1 Å². The second-order valence-electron chi connectivity index (χ2n) is 5.11. The highest BCUT2D eigenvalue weighted by Crippen LogP contribution is 2.41. The van der Waals surface area contributed by atoms with Crippen LogP contribution in [-0.2, 0) is 11.0 Å². The number of carboxylic acids is 1. The number of carboxylic acid groups (broad SMARTS) is 1. The van der Waals surface area contributed by atoms with Gasteiger partial charge in [-0.25, -0.2) is 4.79 Å². The Morgan fingerprint density at radius 3 is 1.83 bits per heavy atom. The molecule has 0 aromatic heterocycles. The first-order valence-corrected chi connectivity index (χ1v) is 6.39. The van der Waals surface area contributed by atoms with E-state index >= 15 is 0 Å². The Kier molecular flexibility index (Phi) is 5.32. The SMILES string of the molecule is CC(C)C(Nc1c([N+](=O)[O-])cc(C(F)(F)F)cc1[N+](=O)[O-])C(=O)O. The maximum absolute atomic E-state index is 12.8. The van der Waals surface area contributed by atoms with Gasteiger partial charge in [0.1, 0.15) is 6.04 Å². The lowest BCUT2D eigenvalue weighted by molar-refractivity contribution is -0.392. The number of benzene rings is 1. The predicted octanol–water partition coefficient (Wildman–Crippen LogP) is 3.04. The summed E-state index contributed by atoms with van der Waals surface area (Å²) in [6, 6.07) is -1.23. The molecule has 0 aliphatic carbocycles. The topological polar surface area (TPSA) is 136 Å². The monoisotopic (exact) mass is 351 g/mol. The molecular weight excluding hydrogens is 339 g/mol. The molecule has 0 amide bonds. The molecule has 1 rings (SSSR count). The first kappa shape index (κ1) is 19.1. The Hall–Kier alpha value is -2.92. The van der Waals surface area contributed by atoms with Crippen molar-refractivity contribution in [1.82, 2.24) is 0 Å². The summed E-state index contributed by atoms with van der Waals surface area (Å²) in [4.78, 5) is 30.7. The van der Waals surface area contributed by atoms with Crippen LogP contribution >= 0.6 is 0 Å². The van der Waals surface area contributed by atoms with Crippen LogP contribution in [0, 0.1) is 26.1 Å². The number of nitrogens with one attached hydrogen (secondary N) is 1. The summed E-state index contributed by atoms with van der Waals surface area (Å²) in [7, 11) is 0. The lowest BCUT2D eigenvalue weighted by Gasteiger charge is -2.19. The Morgan fingerprint density at radius 2 is 1.58 bits per heavy atom. The van der Waals surface area contributed by atoms with E-state index < -0.39 is 56.6 Å². The number of nitro groups is 2. The van der Waals surface area contributed by atoms with E-state index in [2.05, 4.69) is 5.32 Å². The van der Waals surface area contributed by atoms with Crippen molar-refractivity contribution >= 4 is 23.0 Å². The molecule has 1 aromatic rings. The van der Waals surface area contributed by atoms with Gasteiger partial charge in [-0.15, -0.1) is 0 Å². The average Bonchev–Trinajstić information content (AvgIpc) is 2.41. The number of nitrogens with zero attached hydrogens (tertiary/aromatic N) is 2. The van der Waals surface area contributed by atoms with Gasteiger partial charge in [-0.3, -0.25) is 20.2 Å². The normalized spacial score (nSPS) is 12.8. The summed E-state index contributed by atoms with van der Waals surface area (Å²) in [5.41, 5.74) is -4.94. The highest BCUT2D eigenvalue weighted by molar-refractivity contribution is 5.83. The smallest absolute Gasteiger partial charge is 0.416 e. The molecule has 1 aromatic carbocycles. The third-order valence-electron chi connectivity index (χ3n) is 3.05. The Labute approximate surface area is 132 Å². The van der Waals surface area contributed by atoms with E-state index in [0.717, 1.165) is 0 Å². The number of halogens is 3. The molecule has 0 bridgehead atoms. The van der Waals surface area contributed by atoms with Crippen molar-refractivity contribution in [2.24, 2.45) is 5.92 Å². The van der Waals surface area contributed by atoms with E-state index in [-0.39, 0.29) is 12.1 Å². The molecule has 0 aliphatic heterocycles. The van der Waals surface area contributed by atoms with Gasteiger partial charge >= 0.3 is 12.1 Å². The number of carbonyl (C=O) groups is 1. The molecule has 12 heteroatoms. The highest BCUT2D eigenvalue weighted by Gasteiger charge is 2.39. The minimum Gasteiger partial charge on any atom is -0.480 e. The minimum atomic E-state index is -5.04. The van der Waals surface area contributed by atoms with Crippen molar-refractivity contribution in [3.05, 3.63) is 37.9 Å². The van der Waals surface area contributed by atoms with Gasteiger partial charge in [-0.2, -0.15) is 13.2 Å². The standard InChI is InChI=1S/C12H12F3N3O6/c1-5(2)9(11(19)20)16-10-7(17(21)22)3-6(12(13,14)15)4-8(10)18(23)24/h3-5,9,16H,1-2H3,(H,19,20). The van der Waals surface area contributed by atoms with Crippen molar-refractivity contribution in [2.45, 2.75) is 26.1 Å². The zero-order chi connectivity index (χ0) is 18.8. The first-order chi connectivity index (χ1) is 10.9. The van der Waals surface area contributed by atoms with Gasteiger partial charge in [-0.1, -0.05) is 13.8 Å². The van der Waals surface area contributed by atoms with Crippen molar-refractivity contribution in [2.75, 3.05) is 5.32 Å². The van der Waals surface area contributed by atoms with Crippen molar-refractivity contribution < 1.29 is 32.9 Å². The lowest BCUT2D eigenvalue weighted by atomic mass is 10.0. The summed E-state index contributed by atoms with van der Waals surface area (Å²) >= 11 is 0. The van der Waals surface area contributed by atoms with E-state index in [9.17, 15) is 38.2 Å². The van der Waals surface area contributed by atoms with E-state index in [1.165, 1.54) is 13.8 Å². The summed E-state index contributed by atoms with van der Waals surface area (Å²) in [5.74, 6) is -2.11. The third-order valence-corrected chi connectivity index (χ3v) is 3.05. The summed E-state index contributed by atoms with van der Waals surface area (Å²) in [6.07, 6.45) is -5.04. The number of hydrogen-bond acceptors (Lipinski definition) is 6. The fraction of sp³-hybridized carbons (Fsp3) is 0.417. The van der Waals surface area contributed by atoms with E-state index in [1.54, 1.807) is 0 Å². The molecule has 0 saturated heterocycles. The number of rotatable bonds is 6. The van der Waals surface area contributed by atoms with Crippen LogP contribution in [0.15, 0.2) is 12.1 Å². The van der Waals surface area contributed by atoms with Crippen LogP contribution in [0.25, 0.3) is 0 Å². The van der Waals surface area contributed by atoms with Crippen LogP contribution in [0.5, 0.6) is 0 Å². The van der Waals surface area contributed by atoms with Gasteiger partial charge in [0.15, 0.2) is 5.69 Å². The molecule has 24 heavy (non-hydrogen) atoms. The maximum atomic E-state index is 12.8. The van der Waals surface area contributed by atoms with Crippen LogP contribution in [0.3, 0.4) is 0 Å². The van der Waals surface area contributed by atoms with Gasteiger partial charge in [-0.05, 0) is 5.92 Å². The van der Waals surface area contributed by atoms with E-state index in [4.69, 9.17) is 5.11 Å². The number of aliphatic carboxylic acids is 1. The number of hydrogen-bond donors (Lipinski definition) is 2. The zero-order valence-electron chi connectivity index (χ0n) is 12.3. The fourth-order valence-corrected chi connectivity index (χ4v) is 1.88. The second-order valence-corrected chi connectivity index (χ2v) is 5.11. The Bertz CT molecular complexity index is 654. The molecule has 0 fully saturated rings.